The summed E-state index contributed by atoms with van der Waals surface area (Å²) in [7, 11) is 1.69. The highest BCUT2D eigenvalue weighted by molar-refractivity contribution is 5.29. The van der Waals surface area contributed by atoms with Crippen molar-refractivity contribution in [2.75, 3.05) is 20.3 Å². The fourth-order valence-electron chi connectivity index (χ4n) is 3.87. The first-order valence-electron chi connectivity index (χ1n) is 11.2. The van der Waals surface area contributed by atoms with Crippen molar-refractivity contribution in [3.8, 4) is 11.6 Å². The summed E-state index contributed by atoms with van der Waals surface area (Å²) in [5, 5.41) is 21.9. The number of pyridine rings is 1. The van der Waals surface area contributed by atoms with E-state index in [1.165, 1.54) is 19.2 Å². The molecule has 3 aromatic rings. The molecule has 0 radical (unpaired) electrons. The summed E-state index contributed by atoms with van der Waals surface area (Å²) >= 11 is 0. The molecule has 1 saturated heterocycles. The van der Waals surface area contributed by atoms with E-state index in [1.807, 2.05) is 12.1 Å². The first-order valence-corrected chi connectivity index (χ1v) is 11.2. The van der Waals surface area contributed by atoms with Gasteiger partial charge in [-0.1, -0.05) is 13.3 Å². The molecule has 0 aromatic carbocycles. The van der Waals surface area contributed by atoms with Gasteiger partial charge in [0.05, 0.1) is 25.1 Å². The molecular formula is C21H31N9O2. The molecule has 3 atom stereocenters. The lowest BCUT2D eigenvalue weighted by atomic mass is 9.97. The van der Waals surface area contributed by atoms with Crippen LogP contribution in [0.5, 0.6) is 5.88 Å². The molecule has 0 saturated carbocycles. The van der Waals surface area contributed by atoms with Gasteiger partial charge < -0.3 is 14.8 Å². The second-order valence-electron chi connectivity index (χ2n) is 8.21. The van der Waals surface area contributed by atoms with E-state index in [0.717, 1.165) is 43.0 Å². The molecule has 172 valence electrons. The average Bonchev–Trinajstić information content (AvgIpc) is 3.18. The van der Waals surface area contributed by atoms with Gasteiger partial charge in [-0.3, -0.25) is 5.10 Å². The van der Waals surface area contributed by atoms with Gasteiger partial charge in [-0.05, 0) is 41.7 Å². The zero-order valence-electron chi connectivity index (χ0n) is 18.6. The minimum atomic E-state index is 0.531. The molecule has 0 amide bonds. The fraction of sp³-hybridized carbons (Fsp3) is 0.619. The maximum atomic E-state index is 5.80. The molecule has 1 aliphatic rings. The third-order valence-corrected chi connectivity index (χ3v) is 5.79. The SMILES string of the molecule is COCCc1n[nH]c(CCCCC(C)[C@H]2N[C@H]2CCOc2ccc(-n3cnnn3)cn2)n1. The van der Waals surface area contributed by atoms with Gasteiger partial charge in [0.1, 0.15) is 12.2 Å². The van der Waals surface area contributed by atoms with Gasteiger partial charge in [0.15, 0.2) is 5.82 Å². The number of hydrogen-bond donors (Lipinski definition) is 2. The summed E-state index contributed by atoms with van der Waals surface area (Å²) in [5.41, 5.74) is 0.801. The second kappa shape index (κ2) is 11.1. The Balaban J connectivity index is 1.07. The van der Waals surface area contributed by atoms with Crippen LogP contribution in [0.3, 0.4) is 0 Å². The summed E-state index contributed by atoms with van der Waals surface area (Å²) in [6.45, 7) is 3.63. The first kappa shape index (κ1) is 22.3. The van der Waals surface area contributed by atoms with Crippen LogP contribution < -0.4 is 10.1 Å². The lowest BCUT2D eigenvalue weighted by Gasteiger charge is -2.09. The van der Waals surface area contributed by atoms with E-state index >= 15 is 0 Å². The van der Waals surface area contributed by atoms with Crippen LogP contribution in [-0.4, -0.2) is 72.8 Å². The summed E-state index contributed by atoms with van der Waals surface area (Å²) in [6.07, 6.45) is 9.43. The molecule has 0 bridgehead atoms. The molecule has 0 aliphatic carbocycles. The Morgan fingerprint density at radius 3 is 2.91 bits per heavy atom. The summed E-state index contributed by atoms with van der Waals surface area (Å²) in [4.78, 5) is 8.83. The minimum absolute atomic E-state index is 0.531. The summed E-state index contributed by atoms with van der Waals surface area (Å²) < 4.78 is 12.4. The van der Waals surface area contributed by atoms with Gasteiger partial charge in [-0.25, -0.2) is 9.97 Å². The van der Waals surface area contributed by atoms with Crippen LogP contribution in [0.1, 0.15) is 44.3 Å². The average molecular weight is 442 g/mol. The first-order chi connectivity index (χ1) is 15.7. The molecule has 1 unspecified atom stereocenters. The molecule has 4 rings (SSSR count). The number of nitrogens with one attached hydrogen (secondary N) is 2. The van der Waals surface area contributed by atoms with Crippen LogP contribution in [0.2, 0.25) is 0 Å². The molecule has 11 nitrogen and oxygen atoms in total. The minimum Gasteiger partial charge on any atom is -0.478 e. The smallest absolute Gasteiger partial charge is 0.213 e. The highest BCUT2D eigenvalue weighted by Gasteiger charge is 2.39. The van der Waals surface area contributed by atoms with Gasteiger partial charge >= 0.3 is 0 Å². The zero-order chi connectivity index (χ0) is 22.2. The Labute approximate surface area is 187 Å². The van der Waals surface area contributed by atoms with Gasteiger partial charge in [0.25, 0.3) is 0 Å². The highest BCUT2D eigenvalue weighted by atomic mass is 16.5. The van der Waals surface area contributed by atoms with Crippen LogP contribution in [-0.2, 0) is 17.6 Å². The van der Waals surface area contributed by atoms with Gasteiger partial charge in [0, 0.05) is 38.1 Å². The predicted molar refractivity (Wildman–Crippen MR) is 116 cm³/mol. The quantitative estimate of drug-likeness (QED) is 0.281. The molecule has 1 fully saturated rings. The topological polar surface area (TPSA) is 138 Å². The van der Waals surface area contributed by atoms with Crippen molar-refractivity contribution in [2.45, 2.75) is 57.5 Å². The second-order valence-corrected chi connectivity index (χ2v) is 8.21. The fourth-order valence-corrected chi connectivity index (χ4v) is 3.87. The van der Waals surface area contributed by atoms with E-state index in [4.69, 9.17) is 9.47 Å². The van der Waals surface area contributed by atoms with Crippen molar-refractivity contribution in [1.29, 1.82) is 0 Å². The molecular weight excluding hydrogens is 410 g/mol. The number of aromatic amines is 1. The Morgan fingerprint density at radius 2 is 2.12 bits per heavy atom. The Hall–Kier alpha value is -2.92. The van der Waals surface area contributed by atoms with Crippen LogP contribution in [0.4, 0.5) is 0 Å². The molecule has 4 heterocycles. The largest absolute Gasteiger partial charge is 0.478 e. The standard InChI is InChI=1S/C21H31N9O2/c1-15(5-3-4-6-18-25-19(27-26-18)10-11-31-2)21-17(24-21)9-12-32-20-8-7-16(13-22-20)30-14-23-28-29-30/h7-8,13-15,17,21,24H,3-6,9-12H2,1-2H3,(H,25,26,27)/t15?,17-,21+/m0/s1. The van der Waals surface area contributed by atoms with Crippen molar-refractivity contribution in [3.63, 3.8) is 0 Å². The van der Waals surface area contributed by atoms with Crippen molar-refractivity contribution in [2.24, 2.45) is 5.92 Å². The van der Waals surface area contributed by atoms with Crippen molar-refractivity contribution in [1.82, 2.24) is 45.7 Å². The van der Waals surface area contributed by atoms with Crippen molar-refractivity contribution in [3.05, 3.63) is 36.3 Å². The number of rotatable bonds is 14. The number of ether oxygens (including phenoxy) is 2. The lowest BCUT2D eigenvalue weighted by molar-refractivity contribution is 0.200. The van der Waals surface area contributed by atoms with Crippen LogP contribution >= 0.6 is 0 Å². The molecule has 2 N–H and O–H groups in total. The summed E-state index contributed by atoms with van der Waals surface area (Å²) in [6, 6.07) is 4.84. The molecule has 3 aromatic heterocycles. The van der Waals surface area contributed by atoms with Gasteiger partial charge in [-0.2, -0.15) is 9.78 Å². The molecule has 32 heavy (non-hydrogen) atoms. The number of aryl methyl sites for hydroxylation is 1. The number of H-pyrrole nitrogens is 1. The Bertz CT molecular complexity index is 929. The predicted octanol–water partition coefficient (Wildman–Crippen LogP) is 1.52. The Morgan fingerprint density at radius 1 is 1.19 bits per heavy atom. The third kappa shape index (κ3) is 6.30. The number of unbranched alkanes of at least 4 members (excludes halogenated alkanes) is 1. The number of methoxy groups -OCH3 is 1. The maximum absolute atomic E-state index is 5.80. The lowest BCUT2D eigenvalue weighted by Crippen LogP contribution is -2.10. The molecule has 1 aliphatic heterocycles. The number of tetrazole rings is 1. The van der Waals surface area contributed by atoms with Crippen LogP contribution in [0.15, 0.2) is 24.7 Å². The maximum Gasteiger partial charge on any atom is 0.213 e. The van der Waals surface area contributed by atoms with Crippen LogP contribution in [0, 0.1) is 5.92 Å². The third-order valence-electron chi connectivity index (χ3n) is 5.79. The summed E-state index contributed by atoms with van der Waals surface area (Å²) in [5.74, 6) is 3.08. The van der Waals surface area contributed by atoms with E-state index in [1.54, 1.807) is 18.0 Å². The van der Waals surface area contributed by atoms with E-state index in [9.17, 15) is 0 Å². The number of nitrogens with zero attached hydrogens (tertiary/aromatic N) is 7. The van der Waals surface area contributed by atoms with E-state index in [-0.39, 0.29) is 0 Å². The zero-order valence-corrected chi connectivity index (χ0v) is 18.6. The van der Waals surface area contributed by atoms with Gasteiger partial charge in [-0.15, -0.1) is 5.10 Å². The number of aromatic nitrogens is 8. The Kier molecular flexibility index (Phi) is 7.73. The molecule has 0 spiro atoms. The van der Waals surface area contributed by atoms with Crippen molar-refractivity contribution < 1.29 is 9.47 Å². The van der Waals surface area contributed by atoms with Crippen molar-refractivity contribution >= 4 is 0 Å². The van der Waals surface area contributed by atoms with E-state index in [2.05, 4.69) is 47.9 Å². The highest BCUT2D eigenvalue weighted by Crippen LogP contribution is 2.27. The van der Waals surface area contributed by atoms with E-state index in [0.29, 0.717) is 37.1 Å². The number of hydrogen-bond acceptors (Lipinski definition) is 9. The van der Waals surface area contributed by atoms with Crippen LogP contribution in [0.25, 0.3) is 5.69 Å². The molecule has 11 heteroatoms. The normalized spacial score (nSPS) is 18.6. The monoisotopic (exact) mass is 441 g/mol. The van der Waals surface area contributed by atoms with E-state index < -0.39 is 0 Å². The van der Waals surface area contributed by atoms with Gasteiger partial charge in [0.2, 0.25) is 5.88 Å².